The van der Waals surface area contributed by atoms with Crippen molar-refractivity contribution < 1.29 is 4.74 Å². The fourth-order valence-electron chi connectivity index (χ4n) is 1.59. The van der Waals surface area contributed by atoms with E-state index in [1.165, 1.54) is 7.11 Å². The van der Waals surface area contributed by atoms with Gasteiger partial charge >= 0.3 is 6.01 Å². The van der Waals surface area contributed by atoms with Crippen LogP contribution >= 0.6 is 11.6 Å². The topological polar surface area (TPSA) is 54.4 Å². The van der Waals surface area contributed by atoms with E-state index in [1.807, 2.05) is 14.1 Å². The molecular weight excluding hydrogens is 266 g/mol. The third-order valence-corrected chi connectivity index (χ3v) is 2.61. The second-order valence-corrected chi connectivity index (χ2v) is 5.37. The highest BCUT2D eigenvalue weighted by Crippen LogP contribution is 2.16. The molecule has 1 heterocycles. The van der Waals surface area contributed by atoms with Crippen LogP contribution in [-0.2, 0) is 0 Å². The number of likely N-dealkylation sites (N-methyl/N-ethyl adjacent to an activating group) is 1. The lowest BCUT2D eigenvalue weighted by Crippen LogP contribution is -2.35. The molecule has 7 heteroatoms. The van der Waals surface area contributed by atoms with Crippen molar-refractivity contribution in [2.24, 2.45) is 5.92 Å². The van der Waals surface area contributed by atoms with E-state index in [4.69, 9.17) is 16.3 Å². The molecule has 0 saturated carbocycles. The highest BCUT2D eigenvalue weighted by molar-refractivity contribution is 6.28. The van der Waals surface area contributed by atoms with Crippen LogP contribution in [0.1, 0.15) is 13.8 Å². The van der Waals surface area contributed by atoms with Crippen molar-refractivity contribution in [3.05, 3.63) is 5.28 Å². The molecule has 0 atom stereocenters. The van der Waals surface area contributed by atoms with Crippen LogP contribution < -0.4 is 9.64 Å². The van der Waals surface area contributed by atoms with E-state index in [-0.39, 0.29) is 11.3 Å². The van der Waals surface area contributed by atoms with Gasteiger partial charge in [-0.15, -0.1) is 0 Å². The van der Waals surface area contributed by atoms with Gasteiger partial charge in [-0.05, 0) is 31.6 Å². The molecule has 0 aliphatic heterocycles. The highest BCUT2D eigenvalue weighted by atomic mass is 35.5. The number of halogens is 1. The Hall–Kier alpha value is -1.14. The van der Waals surface area contributed by atoms with Crippen LogP contribution in [0.25, 0.3) is 0 Å². The lowest BCUT2D eigenvalue weighted by Gasteiger charge is -2.26. The Bertz CT molecular complexity index is 400. The maximum atomic E-state index is 5.89. The second-order valence-electron chi connectivity index (χ2n) is 5.03. The van der Waals surface area contributed by atoms with Crippen LogP contribution in [0.4, 0.5) is 5.95 Å². The number of aromatic nitrogens is 3. The molecule has 108 valence electrons. The molecule has 0 bridgehead atoms. The zero-order chi connectivity index (χ0) is 14.4. The summed E-state index contributed by atoms with van der Waals surface area (Å²) >= 11 is 5.89. The number of hydrogen-bond acceptors (Lipinski definition) is 6. The van der Waals surface area contributed by atoms with Crippen LogP contribution in [0.15, 0.2) is 0 Å². The number of hydrogen-bond donors (Lipinski definition) is 0. The second kappa shape index (κ2) is 7.45. The number of anilines is 1. The SMILES string of the molecule is COc1nc(Cl)nc(N(CCN(C)C)CC(C)C)n1. The van der Waals surface area contributed by atoms with Gasteiger partial charge in [0.1, 0.15) is 0 Å². The molecule has 1 aromatic rings. The maximum Gasteiger partial charge on any atom is 0.322 e. The summed E-state index contributed by atoms with van der Waals surface area (Å²) in [6, 6.07) is 0.244. The Kier molecular flexibility index (Phi) is 6.24. The van der Waals surface area contributed by atoms with Crippen LogP contribution in [0.3, 0.4) is 0 Å². The van der Waals surface area contributed by atoms with Gasteiger partial charge in [-0.25, -0.2) is 0 Å². The molecule has 0 fully saturated rings. The van der Waals surface area contributed by atoms with E-state index in [1.54, 1.807) is 0 Å². The Morgan fingerprint density at radius 2 is 1.84 bits per heavy atom. The van der Waals surface area contributed by atoms with Crippen LogP contribution in [0.2, 0.25) is 5.28 Å². The number of methoxy groups -OCH3 is 1. The average Bonchev–Trinajstić information content (AvgIpc) is 2.32. The van der Waals surface area contributed by atoms with Crippen LogP contribution in [0, 0.1) is 5.92 Å². The van der Waals surface area contributed by atoms with E-state index in [0.29, 0.717) is 11.9 Å². The van der Waals surface area contributed by atoms with E-state index >= 15 is 0 Å². The monoisotopic (exact) mass is 287 g/mol. The minimum atomic E-state index is 0.153. The standard InChI is InChI=1S/C12H22ClN5O/c1-9(2)8-18(7-6-17(3)4)11-14-10(13)15-12(16-11)19-5/h9H,6-8H2,1-5H3. The quantitative estimate of drug-likeness (QED) is 0.758. The maximum absolute atomic E-state index is 5.89. The predicted molar refractivity (Wildman–Crippen MR) is 77.0 cm³/mol. The fraction of sp³-hybridized carbons (Fsp3) is 0.750. The van der Waals surface area contributed by atoms with E-state index in [9.17, 15) is 0 Å². The third kappa shape index (κ3) is 5.57. The largest absolute Gasteiger partial charge is 0.467 e. The molecule has 0 N–H and O–H groups in total. The molecule has 0 unspecified atom stereocenters. The molecule has 0 aliphatic rings. The van der Waals surface area contributed by atoms with E-state index < -0.39 is 0 Å². The van der Waals surface area contributed by atoms with Crippen molar-refractivity contribution in [1.29, 1.82) is 0 Å². The Morgan fingerprint density at radius 1 is 1.16 bits per heavy atom. The third-order valence-electron chi connectivity index (χ3n) is 2.44. The summed E-state index contributed by atoms with van der Waals surface area (Å²) in [5.74, 6) is 1.07. The van der Waals surface area contributed by atoms with Crippen molar-refractivity contribution in [1.82, 2.24) is 19.9 Å². The van der Waals surface area contributed by atoms with Gasteiger partial charge in [0.2, 0.25) is 11.2 Å². The van der Waals surface area contributed by atoms with Crippen molar-refractivity contribution in [2.75, 3.05) is 45.7 Å². The zero-order valence-corrected chi connectivity index (χ0v) is 13.0. The first-order valence-corrected chi connectivity index (χ1v) is 6.65. The average molecular weight is 288 g/mol. The molecule has 6 nitrogen and oxygen atoms in total. The van der Waals surface area contributed by atoms with Gasteiger partial charge in [-0.1, -0.05) is 13.8 Å². The number of rotatable bonds is 7. The Morgan fingerprint density at radius 3 is 2.37 bits per heavy atom. The predicted octanol–water partition coefficient (Wildman–Crippen LogP) is 1.56. The number of nitrogens with zero attached hydrogens (tertiary/aromatic N) is 5. The molecule has 0 saturated heterocycles. The first-order valence-electron chi connectivity index (χ1n) is 6.27. The van der Waals surface area contributed by atoms with Crippen molar-refractivity contribution >= 4 is 17.5 Å². The molecule has 0 spiro atoms. The fourth-order valence-corrected chi connectivity index (χ4v) is 1.74. The number of ether oxygens (including phenoxy) is 1. The summed E-state index contributed by atoms with van der Waals surface area (Å²) in [6.07, 6.45) is 0. The first kappa shape index (κ1) is 15.9. The molecule has 0 amide bonds. The zero-order valence-electron chi connectivity index (χ0n) is 12.2. The van der Waals surface area contributed by atoms with Gasteiger partial charge in [0, 0.05) is 19.6 Å². The van der Waals surface area contributed by atoms with E-state index in [0.717, 1.165) is 19.6 Å². The molecule has 0 radical (unpaired) electrons. The minimum absolute atomic E-state index is 0.153. The molecule has 1 rings (SSSR count). The summed E-state index contributed by atoms with van der Waals surface area (Å²) in [7, 11) is 5.59. The van der Waals surface area contributed by atoms with E-state index in [2.05, 4.69) is 38.6 Å². The molecule has 19 heavy (non-hydrogen) atoms. The highest BCUT2D eigenvalue weighted by Gasteiger charge is 2.14. The normalized spacial score (nSPS) is 11.2. The van der Waals surface area contributed by atoms with Crippen molar-refractivity contribution in [3.8, 4) is 6.01 Å². The van der Waals surface area contributed by atoms with Gasteiger partial charge in [-0.3, -0.25) is 0 Å². The smallest absolute Gasteiger partial charge is 0.322 e. The summed E-state index contributed by atoms with van der Waals surface area (Å²) in [4.78, 5) is 16.6. The molecular formula is C12H22ClN5O. The molecule has 0 aliphatic carbocycles. The minimum Gasteiger partial charge on any atom is -0.467 e. The summed E-state index contributed by atoms with van der Waals surface area (Å²) in [5, 5.41) is 0.153. The Labute approximate surface area is 119 Å². The van der Waals surface area contributed by atoms with Crippen LogP contribution in [-0.4, -0.2) is 60.7 Å². The Balaban J connectivity index is 2.91. The summed E-state index contributed by atoms with van der Waals surface area (Å²) in [5.41, 5.74) is 0. The van der Waals surface area contributed by atoms with Crippen molar-refractivity contribution in [3.63, 3.8) is 0 Å². The summed E-state index contributed by atoms with van der Waals surface area (Å²) < 4.78 is 5.03. The molecule has 1 aromatic heterocycles. The lowest BCUT2D eigenvalue weighted by molar-refractivity contribution is 0.376. The van der Waals surface area contributed by atoms with Gasteiger partial charge in [0.05, 0.1) is 7.11 Å². The van der Waals surface area contributed by atoms with Gasteiger partial charge in [0.25, 0.3) is 0 Å². The van der Waals surface area contributed by atoms with Crippen molar-refractivity contribution in [2.45, 2.75) is 13.8 Å². The van der Waals surface area contributed by atoms with Gasteiger partial charge in [0.15, 0.2) is 0 Å². The molecule has 0 aromatic carbocycles. The summed E-state index contributed by atoms with van der Waals surface area (Å²) in [6.45, 7) is 6.91. The van der Waals surface area contributed by atoms with Gasteiger partial charge < -0.3 is 14.5 Å². The van der Waals surface area contributed by atoms with Crippen LogP contribution in [0.5, 0.6) is 6.01 Å². The lowest BCUT2D eigenvalue weighted by atomic mass is 10.2. The first-order chi connectivity index (χ1) is 8.92. The van der Waals surface area contributed by atoms with Gasteiger partial charge in [-0.2, -0.15) is 15.0 Å².